The van der Waals surface area contributed by atoms with Crippen molar-refractivity contribution in [1.82, 2.24) is 4.98 Å². The number of amides is 1. The zero-order chi connectivity index (χ0) is 16.4. The van der Waals surface area contributed by atoms with Gasteiger partial charge in [-0.1, -0.05) is 19.3 Å². The quantitative estimate of drug-likeness (QED) is 0.755. The highest BCUT2D eigenvalue weighted by Crippen LogP contribution is 2.34. The molecule has 1 aliphatic rings. The number of nitrogens with one attached hydrogen (secondary N) is 1. The van der Waals surface area contributed by atoms with Crippen LogP contribution in [0.25, 0.3) is 0 Å². The Labute approximate surface area is 143 Å². The second-order valence-corrected chi connectivity index (χ2v) is 6.86. The average molecular weight is 379 g/mol. The van der Waals surface area contributed by atoms with Crippen LogP contribution in [-0.2, 0) is 0 Å². The molecule has 23 heavy (non-hydrogen) atoms. The topological polar surface area (TPSA) is 75.4 Å². The zero-order valence-electron chi connectivity index (χ0n) is 12.9. The van der Waals surface area contributed by atoms with Gasteiger partial charge in [0.05, 0.1) is 10.2 Å². The summed E-state index contributed by atoms with van der Waals surface area (Å²) in [5.41, 5.74) is 1.51. The Morgan fingerprint density at radius 2 is 2.09 bits per heavy atom. The van der Waals surface area contributed by atoms with E-state index < -0.39 is 0 Å². The summed E-state index contributed by atoms with van der Waals surface area (Å²) in [4.78, 5) is 16.7. The van der Waals surface area contributed by atoms with E-state index in [-0.39, 0.29) is 17.4 Å². The van der Waals surface area contributed by atoms with Crippen LogP contribution in [0.3, 0.4) is 0 Å². The third-order valence-corrected chi connectivity index (χ3v) is 4.77. The summed E-state index contributed by atoms with van der Waals surface area (Å²) < 4.78 is 6.03. The van der Waals surface area contributed by atoms with Crippen LogP contribution in [-0.4, -0.2) is 16.0 Å². The minimum Gasteiger partial charge on any atom is -0.505 e. The van der Waals surface area contributed by atoms with Crippen molar-refractivity contribution < 1.29 is 14.3 Å². The third kappa shape index (κ3) is 3.58. The molecule has 0 radical (unpaired) electrons. The lowest BCUT2D eigenvalue weighted by Gasteiger charge is -2.17. The summed E-state index contributed by atoms with van der Waals surface area (Å²) in [6.45, 7) is 1.89. The molecule has 0 spiro atoms. The Kier molecular flexibility index (Phi) is 4.71. The van der Waals surface area contributed by atoms with Crippen LogP contribution in [0.5, 0.6) is 5.75 Å². The van der Waals surface area contributed by atoms with Gasteiger partial charge in [-0.25, -0.2) is 4.98 Å². The van der Waals surface area contributed by atoms with Gasteiger partial charge in [0.15, 0.2) is 17.3 Å². The van der Waals surface area contributed by atoms with Gasteiger partial charge < -0.3 is 14.8 Å². The number of hydrogen-bond donors (Lipinski definition) is 2. The van der Waals surface area contributed by atoms with Crippen molar-refractivity contribution in [1.29, 1.82) is 0 Å². The molecule has 6 heteroatoms. The molecule has 0 saturated heterocycles. The number of phenols is 1. The number of halogens is 1. The third-order valence-electron chi connectivity index (χ3n) is 4.16. The fourth-order valence-corrected chi connectivity index (χ4v) is 3.52. The highest BCUT2D eigenvalue weighted by atomic mass is 79.9. The van der Waals surface area contributed by atoms with E-state index in [4.69, 9.17) is 4.42 Å². The van der Waals surface area contributed by atoms with Gasteiger partial charge in [-0.2, -0.15) is 0 Å². The molecular weight excluding hydrogens is 360 g/mol. The van der Waals surface area contributed by atoms with Gasteiger partial charge in [0.1, 0.15) is 6.26 Å². The first-order valence-corrected chi connectivity index (χ1v) is 8.60. The van der Waals surface area contributed by atoms with Gasteiger partial charge in [-0.15, -0.1) is 0 Å². The Balaban J connectivity index is 1.75. The first-order chi connectivity index (χ1) is 11.0. The van der Waals surface area contributed by atoms with E-state index in [1.807, 2.05) is 6.92 Å². The maximum Gasteiger partial charge on any atom is 0.277 e. The van der Waals surface area contributed by atoms with Crippen LogP contribution in [0, 0.1) is 6.92 Å². The average Bonchev–Trinajstić information content (AvgIpc) is 3.03. The van der Waals surface area contributed by atoms with Gasteiger partial charge in [-0.3, -0.25) is 4.79 Å². The monoisotopic (exact) mass is 378 g/mol. The van der Waals surface area contributed by atoms with Gasteiger partial charge in [0.2, 0.25) is 0 Å². The lowest BCUT2D eigenvalue weighted by molar-refractivity contribution is 0.102. The minimum atomic E-state index is -0.386. The summed E-state index contributed by atoms with van der Waals surface area (Å²) in [6, 6.07) is 3.49. The number of carbonyl (C=O) groups excluding carboxylic acids is 1. The Morgan fingerprint density at radius 1 is 1.35 bits per heavy atom. The van der Waals surface area contributed by atoms with E-state index in [9.17, 15) is 9.90 Å². The first kappa shape index (κ1) is 16.1. The molecule has 1 heterocycles. The van der Waals surface area contributed by atoms with Gasteiger partial charge in [0.25, 0.3) is 5.91 Å². The molecule has 3 rings (SSSR count). The van der Waals surface area contributed by atoms with E-state index >= 15 is 0 Å². The van der Waals surface area contributed by atoms with Gasteiger partial charge >= 0.3 is 0 Å². The number of carbonyl (C=O) groups is 1. The molecule has 2 N–H and O–H groups in total. The van der Waals surface area contributed by atoms with E-state index in [2.05, 4.69) is 26.2 Å². The first-order valence-electron chi connectivity index (χ1n) is 7.80. The van der Waals surface area contributed by atoms with E-state index in [0.29, 0.717) is 22.0 Å². The van der Waals surface area contributed by atoms with Crippen molar-refractivity contribution in [3.05, 3.63) is 40.0 Å². The number of anilines is 1. The number of hydrogen-bond acceptors (Lipinski definition) is 4. The smallest absolute Gasteiger partial charge is 0.277 e. The van der Waals surface area contributed by atoms with Gasteiger partial charge in [0, 0.05) is 5.92 Å². The molecule has 1 saturated carbocycles. The van der Waals surface area contributed by atoms with Crippen molar-refractivity contribution in [2.75, 3.05) is 5.32 Å². The molecular formula is C17H19BrN2O3. The Morgan fingerprint density at radius 3 is 2.83 bits per heavy atom. The molecule has 0 unspecified atom stereocenters. The summed E-state index contributed by atoms with van der Waals surface area (Å²) >= 11 is 3.26. The predicted octanol–water partition coefficient (Wildman–Crippen LogP) is 4.75. The fourth-order valence-electron chi connectivity index (χ4n) is 2.95. The fraction of sp³-hybridized carbons (Fsp3) is 0.412. The maximum absolute atomic E-state index is 12.3. The SMILES string of the molecule is Cc1cc(Br)c(O)c(NC(=O)c2coc(C3CCCCC3)n2)c1. The Bertz CT molecular complexity index is 721. The van der Waals surface area contributed by atoms with E-state index in [1.54, 1.807) is 12.1 Å². The maximum atomic E-state index is 12.3. The van der Waals surface area contributed by atoms with Crippen molar-refractivity contribution >= 4 is 27.5 Å². The largest absolute Gasteiger partial charge is 0.505 e. The lowest BCUT2D eigenvalue weighted by atomic mass is 9.89. The van der Waals surface area contributed by atoms with Crippen LogP contribution in [0.15, 0.2) is 27.3 Å². The molecule has 0 aliphatic heterocycles. The molecule has 1 fully saturated rings. The molecule has 122 valence electrons. The number of rotatable bonds is 3. The number of aromatic hydroxyl groups is 1. The number of oxazole rings is 1. The van der Waals surface area contributed by atoms with Crippen molar-refractivity contribution in [2.24, 2.45) is 0 Å². The number of phenolic OH excluding ortho intramolecular Hbond substituents is 1. The molecule has 0 bridgehead atoms. The highest BCUT2D eigenvalue weighted by Gasteiger charge is 2.22. The standard InChI is InChI=1S/C17H19BrN2O3/c1-10-7-12(18)15(21)13(8-10)19-16(22)14-9-23-17(20-14)11-5-3-2-4-6-11/h7-9,11,21H,2-6H2,1H3,(H,19,22). The number of benzene rings is 1. The molecule has 2 aromatic rings. The summed E-state index contributed by atoms with van der Waals surface area (Å²) in [5.74, 6) is 0.569. The lowest BCUT2D eigenvalue weighted by Crippen LogP contribution is -2.13. The van der Waals surface area contributed by atoms with E-state index in [0.717, 1.165) is 18.4 Å². The van der Waals surface area contributed by atoms with Crippen LogP contribution in [0.2, 0.25) is 0 Å². The number of aromatic nitrogens is 1. The number of aryl methyl sites for hydroxylation is 1. The van der Waals surface area contributed by atoms with Crippen molar-refractivity contribution in [2.45, 2.75) is 44.9 Å². The number of nitrogens with zero attached hydrogens (tertiary/aromatic N) is 1. The molecule has 1 aliphatic carbocycles. The summed E-state index contributed by atoms with van der Waals surface area (Å²) in [5, 5.41) is 12.7. The molecule has 1 aromatic heterocycles. The van der Waals surface area contributed by atoms with Crippen LogP contribution in [0.1, 0.15) is 60.0 Å². The van der Waals surface area contributed by atoms with Gasteiger partial charge in [-0.05, 0) is 53.4 Å². The predicted molar refractivity (Wildman–Crippen MR) is 90.8 cm³/mol. The van der Waals surface area contributed by atoms with E-state index in [1.165, 1.54) is 25.5 Å². The molecule has 5 nitrogen and oxygen atoms in total. The van der Waals surface area contributed by atoms with Crippen molar-refractivity contribution in [3.63, 3.8) is 0 Å². The van der Waals surface area contributed by atoms with Crippen LogP contribution in [0.4, 0.5) is 5.69 Å². The normalized spacial score (nSPS) is 15.6. The minimum absolute atomic E-state index is 0.0000473. The highest BCUT2D eigenvalue weighted by molar-refractivity contribution is 9.10. The van der Waals surface area contributed by atoms with Crippen LogP contribution >= 0.6 is 15.9 Å². The second kappa shape index (κ2) is 6.74. The van der Waals surface area contributed by atoms with Crippen molar-refractivity contribution in [3.8, 4) is 5.75 Å². The molecule has 0 atom stereocenters. The molecule has 1 amide bonds. The summed E-state index contributed by atoms with van der Waals surface area (Å²) in [6.07, 6.45) is 7.13. The Hall–Kier alpha value is -1.82. The second-order valence-electron chi connectivity index (χ2n) is 6.00. The molecule has 1 aromatic carbocycles. The zero-order valence-corrected chi connectivity index (χ0v) is 14.5. The summed E-state index contributed by atoms with van der Waals surface area (Å²) in [7, 11) is 0. The van der Waals surface area contributed by atoms with Crippen LogP contribution < -0.4 is 5.32 Å².